The summed E-state index contributed by atoms with van der Waals surface area (Å²) in [7, 11) is 1.73. The Morgan fingerprint density at radius 1 is 1.10 bits per heavy atom. The number of para-hydroxylation sites is 3. The number of hydrogen-bond acceptors (Lipinski definition) is 5. The number of benzene rings is 2. The lowest BCUT2D eigenvalue weighted by atomic mass is 10.1. The van der Waals surface area contributed by atoms with Gasteiger partial charge in [-0.2, -0.15) is 0 Å². The van der Waals surface area contributed by atoms with Crippen LogP contribution in [0.25, 0.3) is 0 Å². The lowest BCUT2D eigenvalue weighted by molar-refractivity contribution is -0.116. The van der Waals surface area contributed by atoms with E-state index in [0.29, 0.717) is 0 Å². The number of nitrogens with one attached hydrogen (secondary N) is 1. The zero-order chi connectivity index (χ0) is 20.2. The number of fused-ring (bicyclic) bond motifs is 1. The molecule has 1 unspecified atom stereocenters. The highest BCUT2D eigenvalue weighted by atomic mass is 32.2. The lowest BCUT2D eigenvalue weighted by Crippen LogP contribution is -2.46. The quantitative estimate of drug-likeness (QED) is 0.778. The predicted octanol–water partition coefficient (Wildman–Crippen LogP) is 4.02. The van der Waals surface area contributed by atoms with E-state index in [9.17, 15) is 4.79 Å². The van der Waals surface area contributed by atoms with Crippen LogP contribution in [0.5, 0.6) is 5.75 Å². The zero-order valence-corrected chi connectivity index (χ0v) is 18.0. The summed E-state index contributed by atoms with van der Waals surface area (Å²) >= 11 is 1.71. The van der Waals surface area contributed by atoms with Gasteiger partial charge in [-0.25, -0.2) is 0 Å². The molecule has 1 atom stereocenters. The van der Waals surface area contributed by atoms with Gasteiger partial charge < -0.3 is 15.0 Å². The second kappa shape index (κ2) is 9.09. The van der Waals surface area contributed by atoms with Crippen LogP contribution in [0.4, 0.5) is 11.4 Å². The minimum atomic E-state index is 0.0131. The smallest absolute Gasteiger partial charge is 0.237 e. The van der Waals surface area contributed by atoms with E-state index in [1.54, 1.807) is 18.9 Å². The summed E-state index contributed by atoms with van der Waals surface area (Å²) in [6.45, 7) is 7.20. The van der Waals surface area contributed by atoms with Crippen molar-refractivity contribution in [1.29, 1.82) is 0 Å². The van der Waals surface area contributed by atoms with Gasteiger partial charge in [0.25, 0.3) is 0 Å². The molecule has 1 N–H and O–H groups in total. The molecule has 4 rings (SSSR count). The van der Waals surface area contributed by atoms with Gasteiger partial charge in [0.2, 0.25) is 5.91 Å². The van der Waals surface area contributed by atoms with Gasteiger partial charge in [0.15, 0.2) is 0 Å². The summed E-state index contributed by atoms with van der Waals surface area (Å²) in [6, 6.07) is 14.5. The number of nitrogens with zero attached hydrogens (tertiary/aromatic N) is 2. The second-order valence-electron chi connectivity index (χ2n) is 7.69. The molecule has 0 saturated carbocycles. The number of thioether (sulfide) groups is 1. The highest BCUT2D eigenvalue weighted by Crippen LogP contribution is 2.39. The van der Waals surface area contributed by atoms with Crippen LogP contribution in [0, 0.1) is 6.92 Å². The number of carbonyl (C=O) groups excluding carboxylic acids is 1. The van der Waals surface area contributed by atoms with Crippen molar-refractivity contribution < 1.29 is 9.53 Å². The second-order valence-corrected chi connectivity index (χ2v) is 8.93. The van der Waals surface area contributed by atoms with E-state index < -0.39 is 0 Å². The molecule has 0 aliphatic carbocycles. The van der Waals surface area contributed by atoms with E-state index in [2.05, 4.69) is 39.4 Å². The van der Waals surface area contributed by atoms with E-state index in [0.717, 1.165) is 62.6 Å². The van der Waals surface area contributed by atoms with Gasteiger partial charge >= 0.3 is 0 Å². The fourth-order valence-electron chi connectivity index (χ4n) is 4.10. The predicted molar refractivity (Wildman–Crippen MR) is 120 cm³/mol. The van der Waals surface area contributed by atoms with Crippen molar-refractivity contribution in [3.63, 3.8) is 0 Å². The van der Waals surface area contributed by atoms with E-state index in [1.807, 2.05) is 25.1 Å². The van der Waals surface area contributed by atoms with Crippen LogP contribution < -0.4 is 15.0 Å². The molecule has 2 aromatic carbocycles. The molecule has 154 valence electrons. The van der Waals surface area contributed by atoms with Crippen LogP contribution >= 0.6 is 11.8 Å². The third-order valence-corrected chi connectivity index (χ3v) is 7.11. The molecule has 2 aromatic rings. The SMILES string of the molecule is COc1ccccc1N1CCN(CCCC2Sc3cccc(C)c3NC2=O)CC1. The molecule has 2 heterocycles. The number of amides is 1. The monoisotopic (exact) mass is 411 g/mol. The summed E-state index contributed by atoms with van der Waals surface area (Å²) in [5, 5.41) is 3.12. The molecule has 0 radical (unpaired) electrons. The van der Waals surface area contributed by atoms with Crippen LogP contribution in [0.1, 0.15) is 18.4 Å². The fourth-order valence-corrected chi connectivity index (χ4v) is 5.35. The molecule has 6 heteroatoms. The third-order valence-electron chi connectivity index (χ3n) is 5.78. The van der Waals surface area contributed by atoms with Gasteiger partial charge in [0.1, 0.15) is 5.75 Å². The summed E-state index contributed by atoms with van der Waals surface area (Å²) in [6.07, 6.45) is 1.96. The third kappa shape index (κ3) is 4.54. The first-order chi connectivity index (χ1) is 14.2. The minimum absolute atomic E-state index is 0.0131. The van der Waals surface area contributed by atoms with Crippen LogP contribution in [0.2, 0.25) is 0 Å². The van der Waals surface area contributed by atoms with E-state index >= 15 is 0 Å². The summed E-state index contributed by atoms with van der Waals surface area (Å²) < 4.78 is 5.50. The van der Waals surface area contributed by atoms with Gasteiger partial charge in [-0.05, 0) is 50.1 Å². The van der Waals surface area contributed by atoms with Crippen molar-refractivity contribution in [3.05, 3.63) is 48.0 Å². The van der Waals surface area contributed by atoms with Gasteiger partial charge in [0.05, 0.1) is 23.7 Å². The topological polar surface area (TPSA) is 44.8 Å². The van der Waals surface area contributed by atoms with Crippen molar-refractivity contribution in [2.24, 2.45) is 0 Å². The average molecular weight is 412 g/mol. The number of ether oxygens (including phenoxy) is 1. The Morgan fingerprint density at radius 3 is 2.69 bits per heavy atom. The molecular weight excluding hydrogens is 382 g/mol. The van der Waals surface area contributed by atoms with E-state index in [4.69, 9.17) is 4.74 Å². The van der Waals surface area contributed by atoms with E-state index in [-0.39, 0.29) is 11.2 Å². The number of rotatable bonds is 6. The van der Waals surface area contributed by atoms with Crippen molar-refractivity contribution >= 4 is 29.0 Å². The molecule has 5 nitrogen and oxygen atoms in total. The summed E-state index contributed by atoms with van der Waals surface area (Å²) in [4.78, 5) is 18.6. The summed E-state index contributed by atoms with van der Waals surface area (Å²) in [5.41, 5.74) is 3.31. The maximum Gasteiger partial charge on any atom is 0.237 e. The average Bonchev–Trinajstić information content (AvgIpc) is 2.75. The molecular formula is C23H29N3O2S. The van der Waals surface area contributed by atoms with Gasteiger partial charge in [-0.15, -0.1) is 11.8 Å². The largest absolute Gasteiger partial charge is 0.495 e. The highest BCUT2D eigenvalue weighted by molar-refractivity contribution is 8.01. The van der Waals surface area contributed by atoms with Crippen LogP contribution in [0.15, 0.2) is 47.4 Å². The molecule has 2 aliphatic heterocycles. The zero-order valence-electron chi connectivity index (χ0n) is 17.2. The fraction of sp³-hybridized carbons (Fsp3) is 0.435. The molecule has 1 fully saturated rings. The number of carbonyl (C=O) groups is 1. The Balaban J connectivity index is 1.25. The Morgan fingerprint density at radius 2 is 1.90 bits per heavy atom. The number of aryl methyl sites for hydroxylation is 1. The van der Waals surface area contributed by atoms with E-state index in [1.165, 1.54) is 10.6 Å². The lowest BCUT2D eigenvalue weighted by Gasteiger charge is -2.36. The number of piperazine rings is 1. The molecule has 0 bridgehead atoms. The first kappa shape index (κ1) is 20.1. The Labute approximate surface area is 177 Å². The molecule has 1 saturated heterocycles. The molecule has 0 aromatic heterocycles. The Bertz CT molecular complexity index is 865. The summed E-state index contributed by atoms with van der Waals surface area (Å²) in [5.74, 6) is 1.09. The van der Waals surface area contributed by atoms with Crippen molar-refractivity contribution in [1.82, 2.24) is 4.90 Å². The Kier molecular flexibility index (Phi) is 6.31. The molecule has 2 aliphatic rings. The molecule has 29 heavy (non-hydrogen) atoms. The first-order valence-corrected chi connectivity index (χ1v) is 11.2. The maximum absolute atomic E-state index is 12.5. The Hall–Kier alpha value is -2.18. The normalized spacial score (nSPS) is 19.6. The van der Waals surface area contributed by atoms with Crippen LogP contribution in [-0.2, 0) is 4.79 Å². The van der Waals surface area contributed by atoms with Crippen molar-refractivity contribution in [3.8, 4) is 5.75 Å². The van der Waals surface area contributed by atoms with Gasteiger partial charge in [0, 0.05) is 31.1 Å². The molecule has 0 spiro atoms. The van der Waals surface area contributed by atoms with Crippen LogP contribution in [-0.4, -0.2) is 55.9 Å². The number of methoxy groups -OCH3 is 1. The van der Waals surface area contributed by atoms with Gasteiger partial charge in [-0.1, -0.05) is 24.3 Å². The highest BCUT2D eigenvalue weighted by Gasteiger charge is 2.27. The molecule has 1 amide bonds. The van der Waals surface area contributed by atoms with Crippen molar-refractivity contribution in [2.45, 2.75) is 29.9 Å². The number of anilines is 2. The maximum atomic E-state index is 12.5. The van der Waals surface area contributed by atoms with Crippen molar-refractivity contribution in [2.75, 3.05) is 50.1 Å². The van der Waals surface area contributed by atoms with Gasteiger partial charge in [-0.3, -0.25) is 9.69 Å². The first-order valence-electron chi connectivity index (χ1n) is 10.3. The standard InChI is InChI=1S/C23H29N3O2S/c1-17-7-5-10-20-22(17)24-23(27)21(29-20)11-6-12-25-13-15-26(16-14-25)18-8-3-4-9-19(18)28-2/h3-5,7-10,21H,6,11-16H2,1-2H3,(H,24,27). The van der Waals surface area contributed by atoms with Crippen LogP contribution in [0.3, 0.4) is 0 Å². The number of hydrogen-bond donors (Lipinski definition) is 1. The minimum Gasteiger partial charge on any atom is -0.495 e.